The highest BCUT2D eigenvalue weighted by molar-refractivity contribution is 7.98. The van der Waals surface area contributed by atoms with Gasteiger partial charge in [0.05, 0.1) is 12.2 Å². The predicted molar refractivity (Wildman–Crippen MR) is 98.4 cm³/mol. The molecule has 7 heteroatoms. The number of para-hydroxylation sites is 1. The van der Waals surface area contributed by atoms with Crippen LogP contribution in [0.15, 0.2) is 29.2 Å². The summed E-state index contributed by atoms with van der Waals surface area (Å²) in [7, 11) is 1.87. The minimum atomic E-state index is -0.0615. The number of hydrogen-bond acceptors (Lipinski definition) is 5. The van der Waals surface area contributed by atoms with E-state index >= 15 is 0 Å². The molecule has 24 heavy (non-hydrogen) atoms. The molecule has 1 saturated heterocycles. The highest BCUT2D eigenvalue weighted by Crippen LogP contribution is 2.24. The van der Waals surface area contributed by atoms with Gasteiger partial charge in [-0.15, -0.1) is 11.8 Å². The Labute approximate surface area is 148 Å². The fourth-order valence-electron chi connectivity index (χ4n) is 2.62. The van der Waals surface area contributed by atoms with E-state index in [-0.39, 0.29) is 18.4 Å². The summed E-state index contributed by atoms with van der Waals surface area (Å²) in [6, 6.07) is 7.74. The van der Waals surface area contributed by atoms with Gasteiger partial charge in [-0.05, 0) is 25.4 Å². The molecule has 6 nitrogen and oxygen atoms in total. The first kappa shape index (κ1) is 18.8. The van der Waals surface area contributed by atoms with Gasteiger partial charge in [-0.2, -0.15) is 0 Å². The molecule has 0 unspecified atom stereocenters. The fourth-order valence-corrected chi connectivity index (χ4v) is 3.17. The van der Waals surface area contributed by atoms with E-state index in [0.717, 1.165) is 36.8 Å². The van der Waals surface area contributed by atoms with Crippen LogP contribution in [0.4, 0.5) is 5.69 Å². The van der Waals surface area contributed by atoms with Crippen LogP contribution in [-0.4, -0.2) is 74.2 Å². The van der Waals surface area contributed by atoms with Crippen LogP contribution < -0.4 is 10.6 Å². The number of thioether (sulfide) groups is 1. The number of carbonyl (C=O) groups excluding carboxylic acids is 2. The van der Waals surface area contributed by atoms with E-state index in [1.165, 1.54) is 0 Å². The smallest absolute Gasteiger partial charge is 0.238 e. The number of hydrogen-bond donors (Lipinski definition) is 2. The Bertz CT molecular complexity index is 561. The molecule has 2 rings (SSSR count). The molecule has 0 radical (unpaired) electrons. The lowest BCUT2D eigenvalue weighted by atomic mass is 10.3. The van der Waals surface area contributed by atoms with Gasteiger partial charge in [0.2, 0.25) is 11.8 Å². The van der Waals surface area contributed by atoms with Crippen LogP contribution in [0.3, 0.4) is 0 Å². The summed E-state index contributed by atoms with van der Waals surface area (Å²) in [6.07, 6.45) is 2.43. The standard InChI is InChI=1S/C17H26N4O2S/c1-20(10-7-17(23)21-11-8-18-9-12-21)13-16(22)19-14-5-3-4-6-15(14)24-2/h3-6,18H,7-13H2,1-2H3,(H,19,22). The fraction of sp³-hybridized carbons (Fsp3) is 0.529. The molecule has 0 saturated carbocycles. The van der Waals surface area contributed by atoms with Crippen LogP contribution in [0.5, 0.6) is 0 Å². The van der Waals surface area contributed by atoms with Crippen molar-refractivity contribution >= 4 is 29.3 Å². The lowest BCUT2D eigenvalue weighted by Gasteiger charge is -2.28. The van der Waals surface area contributed by atoms with Crippen LogP contribution in [0, 0.1) is 0 Å². The van der Waals surface area contributed by atoms with E-state index in [2.05, 4.69) is 10.6 Å². The zero-order valence-electron chi connectivity index (χ0n) is 14.4. The lowest BCUT2D eigenvalue weighted by molar-refractivity contribution is -0.132. The Balaban J connectivity index is 1.74. The number of rotatable bonds is 7. The van der Waals surface area contributed by atoms with Crippen molar-refractivity contribution in [2.75, 3.05) is 57.9 Å². The number of nitrogens with one attached hydrogen (secondary N) is 2. The molecular formula is C17H26N4O2S. The molecule has 1 aliphatic heterocycles. The Morgan fingerprint density at radius 2 is 2.00 bits per heavy atom. The highest BCUT2D eigenvalue weighted by Gasteiger charge is 2.17. The maximum absolute atomic E-state index is 12.2. The topological polar surface area (TPSA) is 64.7 Å². The molecule has 1 heterocycles. The van der Waals surface area contributed by atoms with Crippen molar-refractivity contribution in [3.63, 3.8) is 0 Å². The van der Waals surface area contributed by atoms with Gasteiger partial charge in [0, 0.05) is 44.0 Å². The molecular weight excluding hydrogens is 324 g/mol. The second kappa shape index (κ2) is 9.66. The molecule has 0 bridgehead atoms. The molecule has 1 aromatic rings. The van der Waals surface area contributed by atoms with Gasteiger partial charge in [-0.1, -0.05) is 12.1 Å². The predicted octanol–water partition coefficient (Wildman–Crippen LogP) is 1.10. The van der Waals surface area contributed by atoms with Gasteiger partial charge in [-0.25, -0.2) is 0 Å². The normalized spacial score (nSPS) is 14.7. The molecule has 0 atom stereocenters. The van der Waals surface area contributed by atoms with Gasteiger partial charge in [0.1, 0.15) is 0 Å². The molecule has 132 valence electrons. The van der Waals surface area contributed by atoms with Gasteiger partial charge in [0.25, 0.3) is 0 Å². The number of amides is 2. The average molecular weight is 350 g/mol. The second-order valence-corrected chi connectivity index (χ2v) is 6.72. The van der Waals surface area contributed by atoms with Crippen molar-refractivity contribution in [1.29, 1.82) is 0 Å². The van der Waals surface area contributed by atoms with E-state index in [0.29, 0.717) is 13.0 Å². The van der Waals surface area contributed by atoms with Crippen LogP contribution >= 0.6 is 11.8 Å². The quantitative estimate of drug-likeness (QED) is 0.721. The number of piperazine rings is 1. The zero-order chi connectivity index (χ0) is 17.4. The molecule has 2 amide bonds. The number of nitrogens with zero attached hydrogens (tertiary/aromatic N) is 2. The van der Waals surface area contributed by atoms with Gasteiger partial charge >= 0.3 is 0 Å². The summed E-state index contributed by atoms with van der Waals surface area (Å²) >= 11 is 1.60. The minimum Gasteiger partial charge on any atom is -0.340 e. The Morgan fingerprint density at radius 3 is 2.71 bits per heavy atom. The average Bonchev–Trinajstić information content (AvgIpc) is 2.60. The van der Waals surface area contributed by atoms with E-state index in [1.807, 2.05) is 47.4 Å². The maximum Gasteiger partial charge on any atom is 0.238 e. The van der Waals surface area contributed by atoms with Crippen molar-refractivity contribution in [3.8, 4) is 0 Å². The summed E-state index contributed by atoms with van der Waals surface area (Å²) in [4.78, 5) is 29.1. The summed E-state index contributed by atoms with van der Waals surface area (Å²) in [5.74, 6) is 0.102. The first-order valence-corrected chi connectivity index (χ1v) is 9.42. The zero-order valence-corrected chi connectivity index (χ0v) is 15.2. The summed E-state index contributed by atoms with van der Waals surface area (Å²) < 4.78 is 0. The van der Waals surface area contributed by atoms with E-state index in [4.69, 9.17) is 0 Å². The van der Waals surface area contributed by atoms with Gasteiger partial charge < -0.3 is 15.5 Å². The van der Waals surface area contributed by atoms with Crippen molar-refractivity contribution in [2.24, 2.45) is 0 Å². The Hall–Kier alpha value is -1.57. The third-order valence-electron chi connectivity index (χ3n) is 3.97. The minimum absolute atomic E-state index is 0.0615. The number of benzene rings is 1. The van der Waals surface area contributed by atoms with E-state index < -0.39 is 0 Å². The van der Waals surface area contributed by atoms with Gasteiger partial charge in [0.15, 0.2) is 0 Å². The SMILES string of the molecule is CSc1ccccc1NC(=O)CN(C)CCC(=O)N1CCNCC1. The van der Waals surface area contributed by atoms with Crippen molar-refractivity contribution in [2.45, 2.75) is 11.3 Å². The monoisotopic (exact) mass is 350 g/mol. The van der Waals surface area contributed by atoms with Crippen LogP contribution in [-0.2, 0) is 9.59 Å². The first-order valence-electron chi connectivity index (χ1n) is 8.20. The molecule has 1 aliphatic rings. The molecule has 1 fully saturated rings. The Kier molecular flexibility index (Phi) is 7.55. The molecule has 2 N–H and O–H groups in total. The van der Waals surface area contributed by atoms with Crippen molar-refractivity contribution < 1.29 is 9.59 Å². The van der Waals surface area contributed by atoms with Crippen LogP contribution in [0.2, 0.25) is 0 Å². The molecule has 0 aliphatic carbocycles. The number of likely N-dealkylation sites (N-methyl/N-ethyl adjacent to an activating group) is 1. The molecule has 1 aromatic carbocycles. The van der Waals surface area contributed by atoms with Crippen molar-refractivity contribution in [1.82, 2.24) is 15.1 Å². The van der Waals surface area contributed by atoms with Gasteiger partial charge in [-0.3, -0.25) is 14.5 Å². The summed E-state index contributed by atoms with van der Waals surface area (Å²) in [5.41, 5.74) is 0.834. The number of carbonyl (C=O) groups is 2. The third kappa shape index (κ3) is 5.81. The second-order valence-electron chi connectivity index (χ2n) is 5.87. The largest absolute Gasteiger partial charge is 0.340 e. The first-order chi connectivity index (χ1) is 11.6. The van der Waals surface area contributed by atoms with Crippen LogP contribution in [0.25, 0.3) is 0 Å². The van der Waals surface area contributed by atoms with E-state index in [1.54, 1.807) is 11.8 Å². The molecule has 0 aromatic heterocycles. The summed E-state index contributed by atoms with van der Waals surface area (Å²) in [6.45, 7) is 4.12. The summed E-state index contributed by atoms with van der Waals surface area (Å²) in [5, 5.41) is 6.17. The maximum atomic E-state index is 12.2. The third-order valence-corrected chi connectivity index (χ3v) is 4.77. The Morgan fingerprint density at radius 1 is 1.29 bits per heavy atom. The van der Waals surface area contributed by atoms with Crippen molar-refractivity contribution in [3.05, 3.63) is 24.3 Å². The molecule has 0 spiro atoms. The highest BCUT2D eigenvalue weighted by atomic mass is 32.2. The van der Waals surface area contributed by atoms with E-state index in [9.17, 15) is 9.59 Å². The lowest BCUT2D eigenvalue weighted by Crippen LogP contribution is -2.47. The number of anilines is 1. The van der Waals surface area contributed by atoms with Crippen LogP contribution in [0.1, 0.15) is 6.42 Å².